The average molecular weight is 427 g/mol. The molecule has 0 radical (unpaired) electrons. The molecule has 8 heteroatoms. The van der Waals surface area contributed by atoms with Crippen LogP contribution >= 0.6 is 11.6 Å². The van der Waals surface area contributed by atoms with Gasteiger partial charge < -0.3 is 24.4 Å². The third-order valence-corrected chi connectivity index (χ3v) is 4.03. The van der Waals surface area contributed by atoms with Gasteiger partial charge in [-0.1, -0.05) is 23.7 Å². The summed E-state index contributed by atoms with van der Waals surface area (Å²) >= 11 is 5.68. The van der Waals surface area contributed by atoms with Gasteiger partial charge >= 0.3 is 5.97 Å². The van der Waals surface area contributed by atoms with Gasteiger partial charge in [0.15, 0.2) is 17.7 Å². The number of ether oxygens (including phenoxy) is 3. The Morgan fingerprint density at radius 2 is 1.86 bits per heavy atom. The van der Waals surface area contributed by atoms with Crippen molar-refractivity contribution >= 4 is 17.6 Å². The summed E-state index contributed by atoms with van der Waals surface area (Å²) in [7, 11) is 0. The molecule has 0 aliphatic rings. The van der Waals surface area contributed by atoms with Crippen molar-refractivity contribution < 1.29 is 33.6 Å². The van der Waals surface area contributed by atoms with E-state index >= 15 is 0 Å². The number of carboxylic acid groups (broad SMARTS) is 1. The van der Waals surface area contributed by atoms with Gasteiger partial charge in [0.2, 0.25) is 0 Å². The summed E-state index contributed by atoms with van der Waals surface area (Å²) in [5.41, 5.74) is 0.726. The maximum Gasteiger partial charge on any atom is 0.333 e. The van der Waals surface area contributed by atoms with E-state index in [2.05, 4.69) is 0 Å². The number of aliphatic carboxylic acids is 1. The van der Waals surface area contributed by atoms with Gasteiger partial charge in [0, 0.05) is 11.4 Å². The quantitative estimate of drug-likeness (QED) is 0.569. The van der Waals surface area contributed by atoms with E-state index in [9.17, 15) is 19.4 Å². The maximum atomic E-state index is 13.7. The Bertz CT molecular complexity index is 814. The molecule has 2 rings (SSSR count). The van der Waals surface area contributed by atoms with E-state index in [-0.39, 0.29) is 36.5 Å². The number of hydrogen-bond donors (Lipinski definition) is 2. The standard InChI is InChI=1S/C21H24ClFO6/c1-13(2)29-20(21(25)26)9-14-4-3-5-17(8-14)27-11-16(24)12-28-19-7-6-15(22)10-18(19)23/h3-8,10,13,16,20,24H,9,11-12H2,1-2H3,(H,25,26)/t16-,20+/m1/s1. The summed E-state index contributed by atoms with van der Waals surface area (Å²) in [6.45, 7) is 3.30. The number of benzene rings is 2. The predicted molar refractivity (Wildman–Crippen MR) is 106 cm³/mol. The zero-order chi connectivity index (χ0) is 21.4. The van der Waals surface area contributed by atoms with Crippen molar-refractivity contribution in [1.82, 2.24) is 0 Å². The van der Waals surface area contributed by atoms with E-state index < -0.39 is 24.0 Å². The molecule has 2 aromatic rings. The van der Waals surface area contributed by atoms with Gasteiger partial charge in [-0.05, 0) is 49.7 Å². The summed E-state index contributed by atoms with van der Waals surface area (Å²) in [6.07, 6.45) is -1.98. The molecule has 0 aliphatic heterocycles. The van der Waals surface area contributed by atoms with Crippen molar-refractivity contribution in [2.75, 3.05) is 13.2 Å². The van der Waals surface area contributed by atoms with Crippen LogP contribution in [0.3, 0.4) is 0 Å². The second-order valence-electron chi connectivity index (χ2n) is 6.71. The van der Waals surface area contributed by atoms with Gasteiger partial charge in [-0.2, -0.15) is 0 Å². The Labute approximate surface area is 173 Å². The highest BCUT2D eigenvalue weighted by Crippen LogP contribution is 2.21. The van der Waals surface area contributed by atoms with Crippen molar-refractivity contribution in [1.29, 1.82) is 0 Å². The van der Waals surface area contributed by atoms with E-state index in [0.29, 0.717) is 5.75 Å². The van der Waals surface area contributed by atoms with E-state index in [4.69, 9.17) is 25.8 Å². The minimum Gasteiger partial charge on any atom is -0.491 e. The number of halogens is 2. The number of hydrogen-bond acceptors (Lipinski definition) is 5. The van der Waals surface area contributed by atoms with Crippen molar-refractivity contribution in [2.45, 2.75) is 38.6 Å². The van der Waals surface area contributed by atoms with Crippen molar-refractivity contribution in [2.24, 2.45) is 0 Å². The molecule has 0 heterocycles. The molecule has 2 atom stereocenters. The molecule has 0 aromatic heterocycles. The zero-order valence-corrected chi connectivity index (χ0v) is 16.9. The number of aliphatic hydroxyl groups is 1. The van der Waals surface area contributed by atoms with Crippen LogP contribution in [0.5, 0.6) is 11.5 Å². The monoisotopic (exact) mass is 426 g/mol. The summed E-state index contributed by atoms with van der Waals surface area (Å²) < 4.78 is 29.8. The summed E-state index contributed by atoms with van der Waals surface area (Å²) in [6, 6.07) is 10.9. The third kappa shape index (κ3) is 7.89. The van der Waals surface area contributed by atoms with Gasteiger partial charge in [-0.15, -0.1) is 0 Å². The molecule has 0 saturated carbocycles. The Morgan fingerprint density at radius 3 is 2.52 bits per heavy atom. The molecule has 2 aromatic carbocycles. The molecule has 158 valence electrons. The van der Waals surface area contributed by atoms with Crippen LogP contribution in [0.2, 0.25) is 5.02 Å². The van der Waals surface area contributed by atoms with Crippen LogP contribution < -0.4 is 9.47 Å². The van der Waals surface area contributed by atoms with Gasteiger partial charge in [0.1, 0.15) is 25.1 Å². The third-order valence-electron chi connectivity index (χ3n) is 3.80. The first-order chi connectivity index (χ1) is 13.7. The Balaban J connectivity index is 1.87. The van der Waals surface area contributed by atoms with Crippen LogP contribution in [0, 0.1) is 5.82 Å². The Hall–Kier alpha value is -2.35. The fourth-order valence-electron chi connectivity index (χ4n) is 2.52. The molecule has 6 nitrogen and oxygen atoms in total. The van der Waals surface area contributed by atoms with Gasteiger partial charge in [-0.3, -0.25) is 0 Å². The van der Waals surface area contributed by atoms with Crippen LogP contribution in [0.1, 0.15) is 19.4 Å². The highest BCUT2D eigenvalue weighted by Gasteiger charge is 2.20. The van der Waals surface area contributed by atoms with E-state index in [1.165, 1.54) is 12.1 Å². The van der Waals surface area contributed by atoms with Gasteiger partial charge in [0.25, 0.3) is 0 Å². The second-order valence-corrected chi connectivity index (χ2v) is 7.15. The molecule has 0 bridgehead atoms. The number of carbonyl (C=O) groups is 1. The Morgan fingerprint density at radius 1 is 1.14 bits per heavy atom. The Kier molecular flexibility index (Phi) is 8.70. The van der Waals surface area contributed by atoms with E-state index in [0.717, 1.165) is 11.6 Å². The first-order valence-corrected chi connectivity index (χ1v) is 9.48. The van der Waals surface area contributed by atoms with Crippen molar-refractivity contribution in [3.05, 3.63) is 58.9 Å². The average Bonchev–Trinajstić information content (AvgIpc) is 2.65. The van der Waals surface area contributed by atoms with Gasteiger partial charge in [0.05, 0.1) is 6.10 Å². The normalized spacial score (nSPS) is 13.2. The van der Waals surface area contributed by atoms with Crippen LogP contribution in [0.25, 0.3) is 0 Å². The molecule has 2 N–H and O–H groups in total. The maximum absolute atomic E-state index is 13.7. The van der Waals surface area contributed by atoms with Crippen LogP contribution in [0.15, 0.2) is 42.5 Å². The minimum absolute atomic E-state index is 0.0136. The summed E-state index contributed by atoms with van der Waals surface area (Å²) in [5, 5.41) is 19.5. The van der Waals surface area contributed by atoms with Gasteiger partial charge in [-0.25, -0.2) is 9.18 Å². The lowest BCUT2D eigenvalue weighted by molar-refractivity contribution is -0.153. The highest BCUT2D eigenvalue weighted by atomic mass is 35.5. The molecule has 0 saturated heterocycles. The van der Waals surface area contributed by atoms with Crippen molar-refractivity contribution in [3.8, 4) is 11.5 Å². The van der Waals surface area contributed by atoms with Crippen molar-refractivity contribution in [3.63, 3.8) is 0 Å². The highest BCUT2D eigenvalue weighted by molar-refractivity contribution is 6.30. The lowest BCUT2D eigenvalue weighted by atomic mass is 10.1. The molecular formula is C21H24ClFO6. The van der Waals surface area contributed by atoms with Crippen LogP contribution in [-0.4, -0.2) is 47.7 Å². The lowest BCUT2D eigenvalue weighted by Gasteiger charge is -2.17. The molecular weight excluding hydrogens is 403 g/mol. The first kappa shape index (κ1) is 22.9. The number of aliphatic hydroxyl groups excluding tert-OH is 1. The molecule has 29 heavy (non-hydrogen) atoms. The zero-order valence-electron chi connectivity index (χ0n) is 16.2. The fraction of sp³-hybridized carbons (Fsp3) is 0.381. The van der Waals surface area contributed by atoms with Crippen LogP contribution in [0.4, 0.5) is 4.39 Å². The largest absolute Gasteiger partial charge is 0.491 e. The summed E-state index contributed by atoms with van der Waals surface area (Å²) in [4.78, 5) is 11.3. The minimum atomic E-state index is -1.04. The topological polar surface area (TPSA) is 85.2 Å². The summed E-state index contributed by atoms with van der Waals surface area (Å²) in [5.74, 6) is -1.20. The first-order valence-electron chi connectivity index (χ1n) is 9.10. The fourth-order valence-corrected chi connectivity index (χ4v) is 2.68. The smallest absolute Gasteiger partial charge is 0.333 e. The van der Waals surface area contributed by atoms with E-state index in [1.54, 1.807) is 38.1 Å². The number of carboxylic acids is 1. The molecule has 0 aliphatic carbocycles. The second kappa shape index (κ2) is 11.0. The molecule has 0 amide bonds. The molecule has 0 spiro atoms. The van der Waals surface area contributed by atoms with Crippen LogP contribution in [-0.2, 0) is 16.0 Å². The van der Waals surface area contributed by atoms with E-state index in [1.807, 2.05) is 0 Å². The predicted octanol–water partition coefficient (Wildman–Crippen LogP) is 3.72. The molecule has 0 unspecified atom stereocenters. The lowest BCUT2D eigenvalue weighted by Crippen LogP contribution is -2.29. The SMILES string of the molecule is CC(C)O[C@@H](Cc1cccc(OC[C@@H](O)COc2ccc(Cl)cc2F)c1)C(=O)O. The molecule has 0 fully saturated rings. The number of rotatable bonds is 11.